The quantitative estimate of drug-likeness (QED) is 0.547. The Kier molecular flexibility index (Phi) is 3.32. The van der Waals surface area contributed by atoms with Crippen LogP contribution in [0.15, 0.2) is 30.3 Å². The Morgan fingerprint density at radius 2 is 2.13 bits per heavy atom. The first-order valence-electron chi connectivity index (χ1n) is 5.63. The molecule has 2 atom stereocenters. The van der Waals surface area contributed by atoms with Crippen LogP contribution in [-0.4, -0.2) is 12.7 Å². The molecule has 15 heavy (non-hydrogen) atoms. The van der Waals surface area contributed by atoms with Gasteiger partial charge >= 0.3 is 0 Å². The van der Waals surface area contributed by atoms with Crippen LogP contribution in [0.5, 0.6) is 0 Å². The van der Waals surface area contributed by atoms with Crippen LogP contribution in [0.1, 0.15) is 31.7 Å². The number of hydrogen-bond acceptors (Lipinski definition) is 1. The first-order chi connectivity index (χ1) is 7.27. The molecule has 0 aliphatic heterocycles. The molecular formula is C13H17ClO. The average molecular weight is 225 g/mol. The molecule has 1 aromatic carbocycles. The minimum absolute atomic E-state index is 0.216. The predicted molar refractivity (Wildman–Crippen MR) is 63.2 cm³/mol. The molecule has 1 nitrogen and oxygen atoms in total. The van der Waals surface area contributed by atoms with Crippen molar-refractivity contribution < 1.29 is 4.74 Å². The zero-order valence-corrected chi connectivity index (χ0v) is 9.83. The maximum absolute atomic E-state index is 6.49. The second-order valence-electron chi connectivity index (χ2n) is 4.15. The van der Waals surface area contributed by atoms with E-state index in [0.29, 0.717) is 0 Å². The van der Waals surface area contributed by atoms with Crippen LogP contribution in [0.2, 0.25) is 0 Å². The van der Waals surface area contributed by atoms with Crippen LogP contribution in [0.4, 0.5) is 0 Å². The van der Waals surface area contributed by atoms with E-state index in [1.165, 1.54) is 12.0 Å². The van der Waals surface area contributed by atoms with E-state index in [1.54, 1.807) is 0 Å². The first-order valence-corrected chi connectivity index (χ1v) is 6.01. The summed E-state index contributed by atoms with van der Waals surface area (Å²) in [6, 6.07) is 10.2. The molecule has 1 aliphatic carbocycles. The summed E-state index contributed by atoms with van der Waals surface area (Å²) < 4.78 is 5.73. The molecule has 0 heterocycles. The third-order valence-electron chi connectivity index (χ3n) is 2.90. The number of unbranched alkanes of at least 4 members (excludes halogenated alkanes) is 1. The molecule has 0 amide bonds. The van der Waals surface area contributed by atoms with Crippen molar-refractivity contribution in [3.63, 3.8) is 0 Å². The average Bonchev–Trinajstić information content (AvgIpc) is 2.93. The van der Waals surface area contributed by atoms with Crippen molar-refractivity contribution in [1.29, 1.82) is 0 Å². The standard InChI is InChI=1S/C13H17ClO/c1-2-3-9-15-12-10-13(12,14)11-7-5-4-6-8-11/h4-8,12H,2-3,9-10H2,1H3/t12-,13+/m0/s1. The molecule has 2 heteroatoms. The lowest BCUT2D eigenvalue weighted by molar-refractivity contribution is 0.109. The molecule has 2 rings (SSSR count). The van der Waals surface area contributed by atoms with Crippen LogP contribution in [0, 0.1) is 0 Å². The third kappa shape index (κ3) is 2.35. The van der Waals surface area contributed by atoms with Gasteiger partial charge in [0.15, 0.2) is 0 Å². The molecule has 0 N–H and O–H groups in total. The summed E-state index contributed by atoms with van der Waals surface area (Å²) in [6.45, 7) is 3.00. The molecular weight excluding hydrogens is 208 g/mol. The largest absolute Gasteiger partial charge is 0.376 e. The Bertz CT molecular complexity index is 312. The van der Waals surface area contributed by atoms with E-state index in [4.69, 9.17) is 16.3 Å². The van der Waals surface area contributed by atoms with Gasteiger partial charge in [0, 0.05) is 13.0 Å². The number of alkyl halides is 1. The molecule has 1 aliphatic rings. The molecule has 0 spiro atoms. The normalized spacial score (nSPS) is 29.1. The van der Waals surface area contributed by atoms with Gasteiger partial charge in [0.25, 0.3) is 0 Å². The van der Waals surface area contributed by atoms with Gasteiger partial charge in [0.2, 0.25) is 0 Å². The highest BCUT2D eigenvalue weighted by Crippen LogP contribution is 2.54. The van der Waals surface area contributed by atoms with Gasteiger partial charge in [0.05, 0.1) is 11.0 Å². The minimum Gasteiger partial charge on any atom is -0.376 e. The smallest absolute Gasteiger partial charge is 0.0981 e. The number of ether oxygens (including phenoxy) is 1. The summed E-state index contributed by atoms with van der Waals surface area (Å²) in [5.74, 6) is 0. The van der Waals surface area contributed by atoms with E-state index in [-0.39, 0.29) is 11.0 Å². The molecule has 1 saturated carbocycles. The van der Waals surface area contributed by atoms with Crippen molar-refractivity contribution in [2.45, 2.75) is 37.2 Å². The highest BCUT2D eigenvalue weighted by atomic mass is 35.5. The SMILES string of the molecule is CCCCO[C@H]1C[C@@]1(Cl)c1ccccc1. The van der Waals surface area contributed by atoms with E-state index in [9.17, 15) is 0 Å². The van der Waals surface area contributed by atoms with E-state index in [0.717, 1.165) is 19.4 Å². The summed E-state index contributed by atoms with van der Waals surface area (Å²) in [5, 5.41) is 0. The van der Waals surface area contributed by atoms with Crippen molar-refractivity contribution in [1.82, 2.24) is 0 Å². The maximum atomic E-state index is 6.49. The maximum Gasteiger partial charge on any atom is 0.0981 e. The number of hydrogen-bond donors (Lipinski definition) is 0. The summed E-state index contributed by atoms with van der Waals surface area (Å²) in [5.41, 5.74) is 1.19. The van der Waals surface area contributed by atoms with E-state index in [2.05, 4.69) is 19.1 Å². The zero-order valence-electron chi connectivity index (χ0n) is 9.08. The van der Waals surface area contributed by atoms with Crippen LogP contribution in [0.3, 0.4) is 0 Å². The molecule has 82 valence electrons. The molecule has 0 aromatic heterocycles. The Morgan fingerprint density at radius 1 is 1.40 bits per heavy atom. The van der Waals surface area contributed by atoms with E-state index >= 15 is 0 Å². The molecule has 0 radical (unpaired) electrons. The second-order valence-corrected chi connectivity index (χ2v) is 4.82. The Hall–Kier alpha value is -0.530. The third-order valence-corrected chi connectivity index (χ3v) is 3.52. The van der Waals surface area contributed by atoms with Crippen molar-refractivity contribution in [3.05, 3.63) is 35.9 Å². The topological polar surface area (TPSA) is 9.23 Å². The molecule has 0 unspecified atom stereocenters. The lowest BCUT2D eigenvalue weighted by atomic mass is 10.1. The summed E-state index contributed by atoms with van der Waals surface area (Å²) in [7, 11) is 0. The summed E-state index contributed by atoms with van der Waals surface area (Å²) in [4.78, 5) is -0.241. The molecule has 0 bridgehead atoms. The predicted octanol–water partition coefficient (Wildman–Crippen LogP) is 3.71. The number of rotatable bonds is 5. The van der Waals surface area contributed by atoms with E-state index in [1.807, 2.05) is 18.2 Å². The Labute approximate surface area is 96.4 Å². The lowest BCUT2D eigenvalue weighted by Gasteiger charge is -2.09. The summed E-state index contributed by atoms with van der Waals surface area (Å²) >= 11 is 6.49. The van der Waals surface area contributed by atoms with Crippen LogP contribution >= 0.6 is 11.6 Å². The van der Waals surface area contributed by atoms with Gasteiger partial charge in [-0.2, -0.15) is 0 Å². The molecule has 1 fully saturated rings. The van der Waals surface area contributed by atoms with Gasteiger partial charge < -0.3 is 4.74 Å². The number of benzene rings is 1. The van der Waals surface area contributed by atoms with Gasteiger partial charge in [-0.05, 0) is 12.0 Å². The Balaban J connectivity index is 1.90. The van der Waals surface area contributed by atoms with Crippen LogP contribution in [0.25, 0.3) is 0 Å². The summed E-state index contributed by atoms with van der Waals surface area (Å²) in [6.07, 6.45) is 3.46. The first kappa shape index (κ1) is 11.0. The second kappa shape index (κ2) is 4.54. The van der Waals surface area contributed by atoms with Crippen molar-refractivity contribution in [2.24, 2.45) is 0 Å². The lowest BCUT2D eigenvalue weighted by Crippen LogP contribution is -2.08. The van der Waals surface area contributed by atoms with Crippen molar-refractivity contribution in [2.75, 3.05) is 6.61 Å². The van der Waals surface area contributed by atoms with Gasteiger partial charge in [-0.25, -0.2) is 0 Å². The fraction of sp³-hybridized carbons (Fsp3) is 0.538. The van der Waals surface area contributed by atoms with Gasteiger partial charge in [-0.3, -0.25) is 0 Å². The highest BCUT2D eigenvalue weighted by molar-refractivity contribution is 6.26. The van der Waals surface area contributed by atoms with Gasteiger partial charge in [-0.15, -0.1) is 11.6 Å². The highest BCUT2D eigenvalue weighted by Gasteiger charge is 2.55. The molecule has 1 aromatic rings. The fourth-order valence-corrected chi connectivity index (χ4v) is 2.12. The Morgan fingerprint density at radius 3 is 2.80 bits per heavy atom. The van der Waals surface area contributed by atoms with Crippen LogP contribution < -0.4 is 0 Å². The zero-order chi connectivity index (χ0) is 10.7. The van der Waals surface area contributed by atoms with Crippen molar-refractivity contribution >= 4 is 11.6 Å². The number of halogens is 1. The fourth-order valence-electron chi connectivity index (χ4n) is 1.79. The molecule has 0 saturated heterocycles. The van der Waals surface area contributed by atoms with Crippen LogP contribution in [-0.2, 0) is 9.61 Å². The van der Waals surface area contributed by atoms with Gasteiger partial charge in [-0.1, -0.05) is 43.7 Å². The van der Waals surface area contributed by atoms with Gasteiger partial charge in [0.1, 0.15) is 0 Å². The monoisotopic (exact) mass is 224 g/mol. The minimum atomic E-state index is -0.241. The van der Waals surface area contributed by atoms with E-state index < -0.39 is 0 Å². The van der Waals surface area contributed by atoms with Crippen molar-refractivity contribution in [3.8, 4) is 0 Å².